The predicted molar refractivity (Wildman–Crippen MR) is 116 cm³/mol. The average Bonchev–Trinajstić information content (AvgIpc) is 3.00. The van der Waals surface area contributed by atoms with E-state index in [4.69, 9.17) is 9.47 Å². The number of hydrazine groups is 1. The molecule has 9 heteroatoms. The lowest BCUT2D eigenvalue weighted by Crippen LogP contribution is -2.57. The molecule has 3 amide bonds. The Morgan fingerprint density at radius 3 is 2.34 bits per heavy atom. The van der Waals surface area contributed by atoms with E-state index in [1.807, 2.05) is 24.3 Å². The van der Waals surface area contributed by atoms with Gasteiger partial charge in [0.25, 0.3) is 0 Å². The Morgan fingerprint density at radius 1 is 1.12 bits per heavy atom. The Kier molecular flexibility index (Phi) is 6.42. The molecule has 3 rings (SSSR count). The average molecular weight is 448 g/mol. The zero-order valence-electron chi connectivity index (χ0n) is 19.5. The number of nitrogens with zero attached hydrogens (tertiary/aromatic N) is 2. The number of aliphatic hydroxyl groups excluding tert-OH is 1. The lowest BCUT2D eigenvalue weighted by molar-refractivity contribution is -0.137. The minimum Gasteiger partial charge on any atom is -0.443 e. The molecule has 0 spiro atoms. The minimum absolute atomic E-state index is 0.199. The highest BCUT2D eigenvalue weighted by Crippen LogP contribution is 2.42. The molecule has 2 heterocycles. The van der Waals surface area contributed by atoms with Crippen molar-refractivity contribution in [2.75, 3.05) is 6.61 Å². The first kappa shape index (κ1) is 23.8. The van der Waals surface area contributed by atoms with E-state index in [0.29, 0.717) is 6.42 Å². The topological polar surface area (TPSA) is 108 Å². The largest absolute Gasteiger partial charge is 0.443 e. The SMILES string of the molecule is CC(C)(C)OC(=O)NN(C(=O)OC(C)(C)C)[C@H]1C[C@@H]2c3ccccc3C[C@@H](CO)N2C1=O. The number of amides is 3. The minimum atomic E-state index is -0.998. The van der Waals surface area contributed by atoms with Crippen LogP contribution < -0.4 is 5.43 Å². The molecule has 1 aromatic rings. The van der Waals surface area contributed by atoms with Crippen LogP contribution in [0.3, 0.4) is 0 Å². The quantitative estimate of drug-likeness (QED) is 0.675. The van der Waals surface area contributed by atoms with Crippen LogP contribution in [-0.4, -0.2) is 63.0 Å². The molecular formula is C23H33N3O6. The number of benzene rings is 1. The fraction of sp³-hybridized carbons (Fsp3) is 0.609. The zero-order chi connectivity index (χ0) is 23.8. The summed E-state index contributed by atoms with van der Waals surface area (Å²) in [5.74, 6) is -0.356. The number of carbonyl (C=O) groups is 3. The van der Waals surface area contributed by atoms with Crippen molar-refractivity contribution in [1.82, 2.24) is 15.3 Å². The third-order valence-electron chi connectivity index (χ3n) is 5.31. The maximum absolute atomic E-state index is 13.5. The van der Waals surface area contributed by atoms with Gasteiger partial charge >= 0.3 is 12.2 Å². The van der Waals surface area contributed by atoms with Gasteiger partial charge in [-0.2, -0.15) is 0 Å². The van der Waals surface area contributed by atoms with Crippen LogP contribution in [0, 0.1) is 0 Å². The summed E-state index contributed by atoms with van der Waals surface area (Å²) < 4.78 is 10.8. The number of carbonyl (C=O) groups excluding carboxylic acids is 3. The summed E-state index contributed by atoms with van der Waals surface area (Å²) in [6.45, 7) is 10.0. The second-order valence-electron chi connectivity index (χ2n) is 10.2. The zero-order valence-corrected chi connectivity index (χ0v) is 19.5. The molecule has 176 valence electrons. The summed E-state index contributed by atoms with van der Waals surface area (Å²) in [5, 5.41) is 10.9. The molecule has 32 heavy (non-hydrogen) atoms. The predicted octanol–water partition coefficient (Wildman–Crippen LogP) is 2.92. The molecule has 1 fully saturated rings. The molecule has 1 saturated heterocycles. The highest BCUT2D eigenvalue weighted by Gasteiger charge is 2.51. The highest BCUT2D eigenvalue weighted by molar-refractivity contribution is 5.89. The summed E-state index contributed by atoms with van der Waals surface area (Å²) in [5.41, 5.74) is 2.84. The summed E-state index contributed by atoms with van der Waals surface area (Å²) >= 11 is 0. The van der Waals surface area contributed by atoms with Crippen molar-refractivity contribution >= 4 is 18.1 Å². The van der Waals surface area contributed by atoms with Gasteiger partial charge in [0.2, 0.25) is 5.91 Å². The molecule has 0 aliphatic carbocycles. The van der Waals surface area contributed by atoms with E-state index in [0.717, 1.165) is 16.1 Å². The second-order valence-corrected chi connectivity index (χ2v) is 10.2. The number of aliphatic hydroxyl groups is 1. The molecule has 0 saturated carbocycles. The molecule has 2 aliphatic heterocycles. The van der Waals surface area contributed by atoms with E-state index >= 15 is 0 Å². The summed E-state index contributed by atoms with van der Waals surface area (Å²) in [6.07, 6.45) is -0.940. The third kappa shape index (κ3) is 5.15. The van der Waals surface area contributed by atoms with Crippen LogP contribution in [0.25, 0.3) is 0 Å². The standard InChI is InChI=1S/C23H33N3O6/c1-22(2,3)31-20(29)24-26(21(30)32-23(4,5)6)18-12-17-16-10-8-7-9-14(16)11-15(13-27)25(17)19(18)28/h7-10,15,17-18,27H,11-13H2,1-6H3,(H,24,29)/t15-,17+,18-/m0/s1. The van der Waals surface area contributed by atoms with Crippen LogP contribution in [-0.2, 0) is 20.7 Å². The van der Waals surface area contributed by atoms with Crippen molar-refractivity contribution < 1.29 is 29.0 Å². The molecule has 2 aliphatic rings. The molecule has 1 aromatic carbocycles. The van der Waals surface area contributed by atoms with Gasteiger partial charge in [-0.05, 0) is 59.1 Å². The number of ether oxygens (including phenoxy) is 2. The van der Waals surface area contributed by atoms with E-state index in [1.165, 1.54) is 0 Å². The van der Waals surface area contributed by atoms with Gasteiger partial charge in [-0.1, -0.05) is 24.3 Å². The van der Waals surface area contributed by atoms with Gasteiger partial charge in [0.05, 0.1) is 18.7 Å². The van der Waals surface area contributed by atoms with Crippen LogP contribution in [0.15, 0.2) is 24.3 Å². The van der Waals surface area contributed by atoms with Crippen molar-refractivity contribution in [2.24, 2.45) is 0 Å². The van der Waals surface area contributed by atoms with Gasteiger partial charge in [0.1, 0.15) is 17.2 Å². The van der Waals surface area contributed by atoms with Crippen LogP contribution >= 0.6 is 0 Å². The molecule has 0 radical (unpaired) electrons. The molecule has 2 N–H and O–H groups in total. The van der Waals surface area contributed by atoms with Crippen LogP contribution in [0.1, 0.15) is 65.1 Å². The fourth-order valence-electron chi connectivity index (χ4n) is 4.19. The lowest BCUT2D eigenvalue weighted by atomic mass is 9.89. The maximum atomic E-state index is 13.5. The van der Waals surface area contributed by atoms with E-state index in [1.54, 1.807) is 46.4 Å². The number of fused-ring (bicyclic) bond motifs is 3. The van der Waals surface area contributed by atoms with E-state index < -0.39 is 35.5 Å². The first-order chi connectivity index (χ1) is 14.8. The normalized spacial score (nSPS) is 22.7. The van der Waals surface area contributed by atoms with Crippen molar-refractivity contribution in [3.63, 3.8) is 0 Å². The number of rotatable bonds is 2. The summed E-state index contributed by atoms with van der Waals surface area (Å²) in [4.78, 5) is 40.6. The monoisotopic (exact) mass is 447 g/mol. The van der Waals surface area contributed by atoms with Gasteiger partial charge in [0, 0.05) is 6.42 Å². The van der Waals surface area contributed by atoms with Gasteiger partial charge in [-0.15, -0.1) is 0 Å². The van der Waals surface area contributed by atoms with E-state index in [-0.39, 0.29) is 25.0 Å². The Morgan fingerprint density at radius 2 is 1.75 bits per heavy atom. The van der Waals surface area contributed by atoms with Crippen LogP contribution in [0.2, 0.25) is 0 Å². The van der Waals surface area contributed by atoms with E-state index in [2.05, 4.69) is 5.43 Å². The van der Waals surface area contributed by atoms with E-state index in [9.17, 15) is 19.5 Å². The Hall–Kier alpha value is -2.81. The summed E-state index contributed by atoms with van der Waals surface area (Å²) in [6, 6.07) is 6.04. The number of hydrogen-bond acceptors (Lipinski definition) is 6. The van der Waals surface area contributed by atoms with Crippen LogP contribution in [0.4, 0.5) is 9.59 Å². The third-order valence-corrected chi connectivity index (χ3v) is 5.31. The Balaban J connectivity index is 1.93. The van der Waals surface area contributed by atoms with Crippen LogP contribution in [0.5, 0.6) is 0 Å². The Bertz CT molecular complexity index is 888. The van der Waals surface area contributed by atoms with Gasteiger partial charge in [0.15, 0.2) is 0 Å². The summed E-state index contributed by atoms with van der Waals surface area (Å²) in [7, 11) is 0. The fourth-order valence-corrected chi connectivity index (χ4v) is 4.19. The second kappa shape index (κ2) is 8.61. The molecule has 9 nitrogen and oxygen atoms in total. The lowest BCUT2D eigenvalue weighted by Gasteiger charge is -2.38. The molecule has 0 bridgehead atoms. The molecule has 0 unspecified atom stereocenters. The number of hydrogen-bond donors (Lipinski definition) is 2. The highest BCUT2D eigenvalue weighted by atomic mass is 16.6. The smallest absolute Gasteiger partial charge is 0.430 e. The van der Waals surface area contributed by atoms with Crippen molar-refractivity contribution in [3.05, 3.63) is 35.4 Å². The van der Waals surface area contributed by atoms with Crippen molar-refractivity contribution in [3.8, 4) is 0 Å². The van der Waals surface area contributed by atoms with Gasteiger partial charge < -0.3 is 19.5 Å². The number of nitrogens with one attached hydrogen (secondary N) is 1. The van der Waals surface area contributed by atoms with Gasteiger partial charge in [-0.3, -0.25) is 4.79 Å². The molecule has 3 atom stereocenters. The molecule has 0 aromatic heterocycles. The Labute approximate surface area is 188 Å². The molecular weight excluding hydrogens is 414 g/mol. The van der Waals surface area contributed by atoms with Gasteiger partial charge in [-0.25, -0.2) is 20.0 Å². The van der Waals surface area contributed by atoms with Crippen molar-refractivity contribution in [2.45, 2.75) is 83.7 Å². The first-order valence-electron chi connectivity index (χ1n) is 10.8. The maximum Gasteiger partial charge on any atom is 0.430 e. The first-order valence-corrected chi connectivity index (χ1v) is 10.8. The van der Waals surface area contributed by atoms with Crippen molar-refractivity contribution in [1.29, 1.82) is 0 Å².